The van der Waals surface area contributed by atoms with Gasteiger partial charge in [0.15, 0.2) is 0 Å². The molecule has 1 aromatic rings. The summed E-state index contributed by atoms with van der Waals surface area (Å²) in [6.07, 6.45) is 5.46. The number of methoxy groups -OCH3 is 1. The van der Waals surface area contributed by atoms with Crippen LogP contribution in [-0.2, 0) is 6.42 Å². The molecule has 0 aromatic carbocycles. The lowest BCUT2D eigenvalue weighted by molar-refractivity contribution is 0.397. The molecule has 0 spiro atoms. The molecular weight excluding hydrogens is 176 g/mol. The van der Waals surface area contributed by atoms with Crippen molar-refractivity contribution >= 4 is 0 Å². The summed E-state index contributed by atoms with van der Waals surface area (Å²) in [5.41, 5.74) is 7.37. The first-order valence-electron chi connectivity index (χ1n) is 4.97. The molecule has 0 saturated heterocycles. The number of pyridine rings is 1. The van der Waals surface area contributed by atoms with Crippen molar-refractivity contribution < 1.29 is 4.74 Å². The molecule has 76 valence electrons. The summed E-state index contributed by atoms with van der Waals surface area (Å²) in [6, 6.07) is 3.98. The van der Waals surface area contributed by atoms with Gasteiger partial charge in [-0.2, -0.15) is 0 Å². The van der Waals surface area contributed by atoms with Gasteiger partial charge in [0.1, 0.15) is 0 Å². The Hall–Kier alpha value is -1.09. The van der Waals surface area contributed by atoms with E-state index in [0.717, 1.165) is 13.0 Å². The third kappa shape index (κ3) is 1.87. The molecule has 3 nitrogen and oxygen atoms in total. The number of ether oxygens (including phenoxy) is 1. The lowest BCUT2D eigenvalue weighted by atomic mass is 9.98. The second-order valence-electron chi connectivity index (χ2n) is 4.09. The molecule has 3 heteroatoms. The van der Waals surface area contributed by atoms with Crippen molar-refractivity contribution in [3.05, 3.63) is 23.9 Å². The lowest BCUT2D eigenvalue weighted by Crippen LogP contribution is -2.17. The minimum atomic E-state index is 0.385. The Morgan fingerprint density at radius 1 is 1.50 bits per heavy atom. The normalized spacial score (nSPS) is 17.9. The van der Waals surface area contributed by atoms with Gasteiger partial charge in [0.2, 0.25) is 5.88 Å². The standard InChI is InChI=1S/C11H16N2O/c1-14-10-3-2-9(7-13-10)6-11(8-12)4-5-11/h2-3,7H,4-6,8,12H2,1H3. The minimum absolute atomic E-state index is 0.385. The molecule has 1 saturated carbocycles. The van der Waals surface area contributed by atoms with E-state index in [2.05, 4.69) is 11.1 Å². The number of nitrogens with two attached hydrogens (primary N) is 1. The molecule has 0 bridgehead atoms. The van der Waals surface area contributed by atoms with E-state index < -0.39 is 0 Å². The maximum Gasteiger partial charge on any atom is 0.212 e. The average Bonchev–Trinajstić information content (AvgIpc) is 3.00. The SMILES string of the molecule is COc1ccc(CC2(CN)CC2)cn1. The van der Waals surface area contributed by atoms with E-state index in [0.29, 0.717) is 11.3 Å². The van der Waals surface area contributed by atoms with E-state index in [-0.39, 0.29) is 0 Å². The third-order valence-corrected chi connectivity index (χ3v) is 2.98. The highest BCUT2D eigenvalue weighted by atomic mass is 16.5. The Balaban J connectivity index is 2.03. The molecule has 2 N–H and O–H groups in total. The van der Waals surface area contributed by atoms with Gasteiger partial charge in [-0.3, -0.25) is 0 Å². The predicted molar refractivity (Wildman–Crippen MR) is 55.2 cm³/mol. The minimum Gasteiger partial charge on any atom is -0.481 e. The van der Waals surface area contributed by atoms with E-state index in [1.54, 1.807) is 7.11 Å². The van der Waals surface area contributed by atoms with Crippen LogP contribution in [-0.4, -0.2) is 18.6 Å². The van der Waals surface area contributed by atoms with E-state index in [1.165, 1.54) is 18.4 Å². The number of aromatic nitrogens is 1. The lowest BCUT2D eigenvalue weighted by Gasteiger charge is -2.11. The van der Waals surface area contributed by atoms with Gasteiger partial charge in [0.05, 0.1) is 7.11 Å². The largest absolute Gasteiger partial charge is 0.481 e. The maximum absolute atomic E-state index is 5.73. The zero-order valence-corrected chi connectivity index (χ0v) is 8.49. The smallest absolute Gasteiger partial charge is 0.212 e. The van der Waals surface area contributed by atoms with Crippen molar-refractivity contribution in [1.29, 1.82) is 0 Å². The van der Waals surface area contributed by atoms with Gasteiger partial charge in [-0.25, -0.2) is 4.98 Å². The fourth-order valence-corrected chi connectivity index (χ4v) is 1.70. The molecule has 1 aliphatic rings. The van der Waals surface area contributed by atoms with Crippen molar-refractivity contribution in [2.75, 3.05) is 13.7 Å². The second kappa shape index (κ2) is 3.58. The third-order valence-electron chi connectivity index (χ3n) is 2.98. The van der Waals surface area contributed by atoms with Gasteiger partial charge in [-0.1, -0.05) is 6.07 Å². The molecule has 2 rings (SSSR count). The van der Waals surface area contributed by atoms with E-state index >= 15 is 0 Å². The number of hydrogen-bond acceptors (Lipinski definition) is 3. The molecule has 1 heterocycles. The van der Waals surface area contributed by atoms with Crippen LogP contribution in [0.5, 0.6) is 5.88 Å². The highest BCUT2D eigenvalue weighted by Crippen LogP contribution is 2.47. The molecular formula is C11H16N2O. The number of hydrogen-bond donors (Lipinski definition) is 1. The van der Waals surface area contributed by atoms with Gasteiger partial charge < -0.3 is 10.5 Å². The van der Waals surface area contributed by atoms with Crippen LogP contribution in [0.15, 0.2) is 18.3 Å². The van der Waals surface area contributed by atoms with Crippen LogP contribution < -0.4 is 10.5 Å². The van der Waals surface area contributed by atoms with E-state index in [4.69, 9.17) is 10.5 Å². The number of rotatable bonds is 4. The van der Waals surface area contributed by atoms with Gasteiger partial charge >= 0.3 is 0 Å². The van der Waals surface area contributed by atoms with Crippen LogP contribution in [0.1, 0.15) is 18.4 Å². The summed E-state index contributed by atoms with van der Waals surface area (Å²) in [6.45, 7) is 0.791. The molecule has 0 radical (unpaired) electrons. The molecule has 1 fully saturated rings. The first-order valence-corrected chi connectivity index (χ1v) is 4.97. The summed E-state index contributed by atoms with van der Waals surface area (Å²) in [7, 11) is 1.63. The predicted octanol–water partition coefficient (Wildman–Crippen LogP) is 1.37. The van der Waals surface area contributed by atoms with Gasteiger partial charge in [-0.15, -0.1) is 0 Å². The van der Waals surface area contributed by atoms with Gasteiger partial charge in [0.25, 0.3) is 0 Å². The zero-order valence-electron chi connectivity index (χ0n) is 8.49. The van der Waals surface area contributed by atoms with Crippen LogP contribution in [0.25, 0.3) is 0 Å². The number of nitrogens with zero attached hydrogens (tertiary/aromatic N) is 1. The highest BCUT2D eigenvalue weighted by molar-refractivity contribution is 5.20. The maximum atomic E-state index is 5.73. The molecule has 1 aliphatic carbocycles. The summed E-state index contributed by atoms with van der Waals surface area (Å²) in [4.78, 5) is 4.18. The Morgan fingerprint density at radius 2 is 2.29 bits per heavy atom. The Bertz CT molecular complexity index is 304. The van der Waals surface area contributed by atoms with Crippen molar-refractivity contribution in [3.63, 3.8) is 0 Å². The Labute approximate surface area is 84.3 Å². The first-order chi connectivity index (χ1) is 6.78. The van der Waals surface area contributed by atoms with Crippen molar-refractivity contribution in [2.45, 2.75) is 19.3 Å². The van der Waals surface area contributed by atoms with E-state index in [1.807, 2.05) is 12.3 Å². The Morgan fingerprint density at radius 3 is 2.71 bits per heavy atom. The van der Waals surface area contributed by atoms with Crippen LogP contribution in [0, 0.1) is 5.41 Å². The summed E-state index contributed by atoms with van der Waals surface area (Å²) in [5.74, 6) is 0.673. The van der Waals surface area contributed by atoms with Crippen LogP contribution in [0.2, 0.25) is 0 Å². The van der Waals surface area contributed by atoms with Crippen LogP contribution in [0.3, 0.4) is 0 Å². The molecule has 0 amide bonds. The van der Waals surface area contributed by atoms with Crippen molar-refractivity contribution in [2.24, 2.45) is 11.1 Å². The summed E-state index contributed by atoms with van der Waals surface area (Å²) >= 11 is 0. The quantitative estimate of drug-likeness (QED) is 0.783. The van der Waals surface area contributed by atoms with Crippen molar-refractivity contribution in [3.8, 4) is 5.88 Å². The van der Waals surface area contributed by atoms with Gasteiger partial charge in [0, 0.05) is 12.3 Å². The topological polar surface area (TPSA) is 48.1 Å². The highest BCUT2D eigenvalue weighted by Gasteiger charge is 2.40. The summed E-state index contributed by atoms with van der Waals surface area (Å²) in [5, 5.41) is 0. The molecule has 0 unspecified atom stereocenters. The fourth-order valence-electron chi connectivity index (χ4n) is 1.70. The summed E-state index contributed by atoms with van der Waals surface area (Å²) < 4.78 is 5.01. The second-order valence-corrected chi connectivity index (χ2v) is 4.09. The average molecular weight is 192 g/mol. The molecule has 1 aromatic heterocycles. The van der Waals surface area contributed by atoms with E-state index in [9.17, 15) is 0 Å². The van der Waals surface area contributed by atoms with Crippen LogP contribution in [0.4, 0.5) is 0 Å². The zero-order chi connectivity index (χ0) is 10.0. The van der Waals surface area contributed by atoms with Crippen molar-refractivity contribution in [1.82, 2.24) is 4.98 Å². The fraction of sp³-hybridized carbons (Fsp3) is 0.545. The first kappa shape index (κ1) is 9.46. The monoisotopic (exact) mass is 192 g/mol. The molecule has 0 aliphatic heterocycles. The Kier molecular flexibility index (Phi) is 2.42. The van der Waals surface area contributed by atoms with Crippen LogP contribution >= 0.6 is 0 Å². The molecule has 0 atom stereocenters. The van der Waals surface area contributed by atoms with Gasteiger partial charge in [-0.05, 0) is 36.8 Å². The molecule has 14 heavy (non-hydrogen) atoms.